The van der Waals surface area contributed by atoms with E-state index in [2.05, 4.69) is 5.32 Å². The Hall–Kier alpha value is -1.39. The van der Waals surface area contributed by atoms with Gasteiger partial charge in [0, 0.05) is 7.05 Å². The summed E-state index contributed by atoms with van der Waals surface area (Å²) < 4.78 is 36.8. The highest BCUT2D eigenvalue weighted by Gasteiger charge is 2.33. The molecule has 0 aliphatic rings. The van der Waals surface area contributed by atoms with Gasteiger partial charge in [-0.1, -0.05) is 6.07 Å². The molecule has 0 aromatic heterocycles. The minimum atomic E-state index is -4.39. The van der Waals surface area contributed by atoms with Crippen LogP contribution in [-0.4, -0.2) is 7.05 Å². The van der Waals surface area contributed by atoms with Gasteiger partial charge < -0.3 is 11.1 Å². The standard InChI is InChI=1S/C8H9F3N2/c1-13-6-4-2-3-5(7(6)12)8(9,10)11/h2-4,13H,12H2,1H3. The van der Waals surface area contributed by atoms with E-state index in [1.54, 1.807) is 0 Å². The van der Waals surface area contributed by atoms with Gasteiger partial charge in [0.2, 0.25) is 0 Å². The van der Waals surface area contributed by atoms with Gasteiger partial charge in [-0.2, -0.15) is 13.2 Å². The van der Waals surface area contributed by atoms with E-state index in [4.69, 9.17) is 5.73 Å². The predicted octanol–water partition coefficient (Wildman–Crippen LogP) is 2.33. The zero-order valence-electron chi connectivity index (χ0n) is 6.94. The van der Waals surface area contributed by atoms with Crippen molar-refractivity contribution < 1.29 is 13.2 Å². The summed E-state index contributed by atoms with van der Waals surface area (Å²) in [6.45, 7) is 0. The summed E-state index contributed by atoms with van der Waals surface area (Å²) in [4.78, 5) is 0. The Morgan fingerprint density at radius 3 is 2.38 bits per heavy atom. The molecular weight excluding hydrogens is 181 g/mol. The summed E-state index contributed by atoms with van der Waals surface area (Å²) in [5, 5.41) is 2.58. The summed E-state index contributed by atoms with van der Waals surface area (Å²) >= 11 is 0. The molecule has 0 atom stereocenters. The lowest BCUT2D eigenvalue weighted by Gasteiger charge is -2.12. The number of nitrogens with two attached hydrogens (primary N) is 1. The molecule has 0 aliphatic heterocycles. The second-order valence-electron chi connectivity index (χ2n) is 2.51. The van der Waals surface area contributed by atoms with Crippen LogP contribution < -0.4 is 11.1 Å². The molecule has 0 aliphatic carbocycles. The van der Waals surface area contributed by atoms with E-state index in [9.17, 15) is 13.2 Å². The Morgan fingerprint density at radius 1 is 1.31 bits per heavy atom. The van der Waals surface area contributed by atoms with Gasteiger partial charge in [-0.15, -0.1) is 0 Å². The summed E-state index contributed by atoms with van der Waals surface area (Å²) in [6, 6.07) is 3.76. The average molecular weight is 190 g/mol. The molecule has 0 heterocycles. The zero-order chi connectivity index (χ0) is 10.1. The van der Waals surface area contributed by atoms with Crippen LogP contribution in [0.2, 0.25) is 0 Å². The van der Waals surface area contributed by atoms with Crippen LogP contribution >= 0.6 is 0 Å². The van der Waals surface area contributed by atoms with Crippen molar-refractivity contribution >= 4 is 11.4 Å². The van der Waals surface area contributed by atoms with Crippen LogP contribution in [0.1, 0.15) is 5.56 Å². The minimum absolute atomic E-state index is 0.266. The van der Waals surface area contributed by atoms with Crippen molar-refractivity contribution in [2.24, 2.45) is 0 Å². The molecule has 0 saturated carbocycles. The lowest BCUT2D eigenvalue weighted by Crippen LogP contribution is -2.10. The summed E-state index contributed by atoms with van der Waals surface area (Å²) in [6.07, 6.45) is -4.39. The fourth-order valence-corrected chi connectivity index (χ4v) is 1.03. The molecule has 1 aromatic rings. The van der Waals surface area contributed by atoms with Crippen LogP contribution in [0.5, 0.6) is 0 Å². The molecule has 0 amide bonds. The summed E-state index contributed by atoms with van der Waals surface area (Å²) in [5.74, 6) is 0. The largest absolute Gasteiger partial charge is 0.418 e. The number of rotatable bonds is 1. The van der Waals surface area contributed by atoms with Gasteiger partial charge in [-0.25, -0.2) is 0 Å². The van der Waals surface area contributed by atoms with Gasteiger partial charge in [0.1, 0.15) is 0 Å². The lowest BCUT2D eigenvalue weighted by molar-refractivity contribution is -0.136. The van der Waals surface area contributed by atoms with Crippen LogP contribution in [0.25, 0.3) is 0 Å². The van der Waals surface area contributed by atoms with Gasteiger partial charge in [-0.3, -0.25) is 0 Å². The Morgan fingerprint density at radius 2 is 1.92 bits per heavy atom. The summed E-state index contributed by atoms with van der Waals surface area (Å²) in [5.41, 5.74) is 4.51. The Balaban J connectivity index is 3.24. The first-order chi connectivity index (χ1) is 5.96. The van der Waals surface area contributed by atoms with Crippen LogP contribution in [0.4, 0.5) is 24.5 Å². The molecule has 72 valence electrons. The Labute approximate surface area is 73.5 Å². The highest BCUT2D eigenvalue weighted by Crippen LogP contribution is 2.36. The number of hydrogen-bond acceptors (Lipinski definition) is 2. The molecule has 0 saturated heterocycles. The van der Waals surface area contributed by atoms with Crippen molar-refractivity contribution in [2.45, 2.75) is 6.18 Å². The molecule has 0 fully saturated rings. The highest BCUT2D eigenvalue weighted by molar-refractivity contribution is 5.70. The number of benzene rings is 1. The predicted molar refractivity (Wildman–Crippen MR) is 45.4 cm³/mol. The molecule has 1 aromatic carbocycles. The van der Waals surface area contributed by atoms with Crippen molar-refractivity contribution in [3.63, 3.8) is 0 Å². The van der Waals surface area contributed by atoms with Crippen molar-refractivity contribution in [1.29, 1.82) is 0 Å². The quantitative estimate of drug-likeness (QED) is 0.667. The second kappa shape index (κ2) is 3.16. The van der Waals surface area contributed by atoms with E-state index in [0.717, 1.165) is 6.07 Å². The van der Waals surface area contributed by atoms with E-state index in [0.29, 0.717) is 0 Å². The van der Waals surface area contributed by atoms with E-state index in [1.807, 2.05) is 0 Å². The molecule has 2 nitrogen and oxygen atoms in total. The van der Waals surface area contributed by atoms with Gasteiger partial charge in [0.15, 0.2) is 0 Å². The molecule has 1 rings (SSSR count). The van der Waals surface area contributed by atoms with E-state index in [-0.39, 0.29) is 11.4 Å². The molecule has 0 unspecified atom stereocenters. The van der Waals surface area contributed by atoms with E-state index in [1.165, 1.54) is 19.2 Å². The number of para-hydroxylation sites is 1. The van der Waals surface area contributed by atoms with Gasteiger partial charge in [0.05, 0.1) is 16.9 Å². The van der Waals surface area contributed by atoms with Gasteiger partial charge in [-0.05, 0) is 12.1 Å². The molecule has 0 bridgehead atoms. The third-order valence-corrected chi connectivity index (χ3v) is 1.68. The fourth-order valence-electron chi connectivity index (χ4n) is 1.03. The number of anilines is 2. The van der Waals surface area contributed by atoms with Crippen molar-refractivity contribution in [2.75, 3.05) is 18.1 Å². The smallest absolute Gasteiger partial charge is 0.397 e. The SMILES string of the molecule is CNc1cccc(C(F)(F)F)c1N. The van der Waals surface area contributed by atoms with Crippen LogP contribution in [0.15, 0.2) is 18.2 Å². The number of nitrogen functional groups attached to an aromatic ring is 1. The molecule has 0 radical (unpaired) electrons. The van der Waals surface area contributed by atoms with Crippen LogP contribution in [-0.2, 0) is 6.18 Å². The topological polar surface area (TPSA) is 38.0 Å². The molecule has 0 spiro atoms. The van der Waals surface area contributed by atoms with Crippen LogP contribution in [0.3, 0.4) is 0 Å². The normalized spacial score (nSPS) is 11.4. The number of halogens is 3. The van der Waals surface area contributed by atoms with E-state index >= 15 is 0 Å². The Bertz CT molecular complexity index is 307. The molecule has 5 heteroatoms. The van der Waals surface area contributed by atoms with Crippen molar-refractivity contribution in [3.8, 4) is 0 Å². The van der Waals surface area contributed by atoms with Gasteiger partial charge in [0.25, 0.3) is 0 Å². The minimum Gasteiger partial charge on any atom is -0.397 e. The molecule has 13 heavy (non-hydrogen) atoms. The number of hydrogen-bond donors (Lipinski definition) is 2. The lowest BCUT2D eigenvalue weighted by atomic mass is 10.1. The first-order valence-electron chi connectivity index (χ1n) is 3.60. The maximum atomic E-state index is 12.3. The third-order valence-electron chi connectivity index (χ3n) is 1.68. The number of nitrogens with one attached hydrogen (secondary N) is 1. The monoisotopic (exact) mass is 190 g/mol. The second-order valence-corrected chi connectivity index (χ2v) is 2.51. The maximum Gasteiger partial charge on any atom is 0.418 e. The average Bonchev–Trinajstić information content (AvgIpc) is 2.02. The van der Waals surface area contributed by atoms with E-state index < -0.39 is 11.7 Å². The highest BCUT2D eigenvalue weighted by atomic mass is 19.4. The first-order valence-corrected chi connectivity index (χ1v) is 3.60. The van der Waals surface area contributed by atoms with Crippen molar-refractivity contribution in [1.82, 2.24) is 0 Å². The summed E-state index contributed by atoms with van der Waals surface area (Å²) in [7, 11) is 1.52. The maximum absolute atomic E-state index is 12.3. The Kier molecular flexibility index (Phi) is 2.36. The molecular formula is C8H9F3N2. The fraction of sp³-hybridized carbons (Fsp3) is 0.250. The molecule has 3 N–H and O–H groups in total. The number of alkyl halides is 3. The third kappa shape index (κ3) is 1.85. The zero-order valence-corrected chi connectivity index (χ0v) is 6.94. The first kappa shape index (κ1) is 9.70. The van der Waals surface area contributed by atoms with Crippen LogP contribution in [0, 0.1) is 0 Å². The van der Waals surface area contributed by atoms with Crippen molar-refractivity contribution in [3.05, 3.63) is 23.8 Å². The van der Waals surface area contributed by atoms with Gasteiger partial charge >= 0.3 is 6.18 Å².